The van der Waals surface area contributed by atoms with Gasteiger partial charge in [0, 0.05) is 82.6 Å². The normalized spacial score (nSPS) is 17.4. The summed E-state index contributed by atoms with van der Waals surface area (Å²) in [6.07, 6.45) is 12.8. The molecular formula is C33H40N8. The van der Waals surface area contributed by atoms with Gasteiger partial charge in [-0.15, -0.1) is 0 Å². The molecule has 0 radical (unpaired) electrons. The van der Waals surface area contributed by atoms with Crippen molar-refractivity contribution in [3.63, 3.8) is 0 Å². The third-order valence-electron chi connectivity index (χ3n) is 8.16. The molecule has 0 unspecified atom stereocenters. The fraction of sp³-hybridized carbons (Fsp3) is 0.394. The monoisotopic (exact) mass is 548 g/mol. The minimum absolute atomic E-state index is 0.414. The van der Waals surface area contributed by atoms with Crippen LogP contribution >= 0.6 is 0 Å². The van der Waals surface area contributed by atoms with E-state index in [9.17, 15) is 0 Å². The lowest BCUT2D eigenvalue weighted by Crippen LogP contribution is -2.39. The lowest BCUT2D eigenvalue weighted by molar-refractivity contribution is 0.211. The van der Waals surface area contributed by atoms with Gasteiger partial charge in [-0.1, -0.05) is 60.7 Å². The van der Waals surface area contributed by atoms with E-state index in [1.54, 1.807) is 0 Å². The maximum absolute atomic E-state index is 4.59. The summed E-state index contributed by atoms with van der Waals surface area (Å²) < 4.78 is 0. The van der Waals surface area contributed by atoms with Crippen molar-refractivity contribution in [3.8, 4) is 0 Å². The van der Waals surface area contributed by atoms with Crippen LogP contribution in [-0.2, 0) is 19.5 Å². The van der Waals surface area contributed by atoms with Gasteiger partial charge in [0.1, 0.15) is 0 Å². The highest BCUT2D eigenvalue weighted by molar-refractivity contribution is 5.31. The lowest BCUT2D eigenvalue weighted by Gasteiger charge is -2.32. The van der Waals surface area contributed by atoms with E-state index in [0.717, 1.165) is 82.5 Å². The van der Waals surface area contributed by atoms with E-state index in [0.29, 0.717) is 24.0 Å². The first-order chi connectivity index (χ1) is 20.2. The molecule has 0 amide bonds. The number of aromatic nitrogens is 4. The Hall–Kier alpha value is -3.88. The topological polar surface area (TPSA) is 82.1 Å². The molecule has 4 aromatic rings. The Labute approximate surface area is 243 Å². The van der Waals surface area contributed by atoms with Gasteiger partial charge in [-0.05, 0) is 47.9 Å². The van der Waals surface area contributed by atoms with Crippen molar-refractivity contribution >= 4 is 11.9 Å². The Morgan fingerprint density at radius 2 is 0.878 bits per heavy atom. The third kappa shape index (κ3) is 8.08. The van der Waals surface area contributed by atoms with Gasteiger partial charge in [0.05, 0.1) is 0 Å². The number of benzene rings is 2. The average molecular weight is 549 g/mol. The van der Waals surface area contributed by atoms with Crippen LogP contribution in [0.5, 0.6) is 0 Å². The molecule has 8 heteroatoms. The predicted octanol–water partition coefficient (Wildman–Crippen LogP) is 5.01. The molecule has 0 aliphatic carbocycles. The van der Waals surface area contributed by atoms with E-state index < -0.39 is 0 Å². The molecule has 4 heterocycles. The number of hydrogen-bond donors (Lipinski definition) is 2. The zero-order chi connectivity index (χ0) is 27.7. The molecule has 2 N–H and O–H groups in total. The molecule has 0 atom stereocenters. The van der Waals surface area contributed by atoms with Crippen LogP contribution in [0.2, 0.25) is 0 Å². The van der Waals surface area contributed by atoms with E-state index in [-0.39, 0.29) is 0 Å². The number of piperidine rings is 2. The van der Waals surface area contributed by atoms with Crippen molar-refractivity contribution in [2.24, 2.45) is 0 Å². The molecule has 212 valence electrons. The van der Waals surface area contributed by atoms with E-state index in [1.165, 1.54) is 11.1 Å². The summed E-state index contributed by atoms with van der Waals surface area (Å²) in [5, 5.41) is 7.06. The molecule has 0 spiro atoms. The molecule has 8 nitrogen and oxygen atoms in total. The van der Waals surface area contributed by atoms with E-state index in [2.05, 4.69) is 101 Å². The highest BCUT2D eigenvalue weighted by atomic mass is 15.2. The quantitative estimate of drug-likeness (QED) is 0.286. The summed E-state index contributed by atoms with van der Waals surface area (Å²) in [5.41, 5.74) is 4.88. The first-order valence-electron chi connectivity index (χ1n) is 14.9. The fourth-order valence-electron chi connectivity index (χ4n) is 5.80. The Morgan fingerprint density at radius 1 is 0.512 bits per heavy atom. The minimum atomic E-state index is 0.414. The number of hydrogen-bond acceptors (Lipinski definition) is 8. The average Bonchev–Trinajstić information content (AvgIpc) is 3.02. The predicted molar refractivity (Wildman–Crippen MR) is 164 cm³/mol. The van der Waals surface area contributed by atoms with Crippen molar-refractivity contribution in [3.05, 3.63) is 108 Å². The highest BCUT2D eigenvalue weighted by Gasteiger charge is 2.21. The van der Waals surface area contributed by atoms with Crippen molar-refractivity contribution in [1.29, 1.82) is 0 Å². The molecule has 2 saturated heterocycles. The van der Waals surface area contributed by atoms with Gasteiger partial charge in [-0.2, -0.15) is 0 Å². The standard InChI is InChI=1S/C33H40N8/c1-3-7-26(8-4-1)24-40-15-11-30(12-16-40)38-32-34-20-28(21-35-32)19-29-22-36-33(37-23-29)39-31-13-17-41(18-14-31)25-27-9-5-2-6-10-27/h1-10,20-23,30-31H,11-19,24-25H2,(H,34,35,38)(H,36,37,39). The summed E-state index contributed by atoms with van der Waals surface area (Å²) in [6.45, 7) is 6.39. The van der Waals surface area contributed by atoms with Crippen LogP contribution in [0, 0.1) is 0 Å². The van der Waals surface area contributed by atoms with E-state index in [4.69, 9.17) is 0 Å². The van der Waals surface area contributed by atoms with E-state index >= 15 is 0 Å². The fourth-order valence-corrected chi connectivity index (χ4v) is 5.80. The summed E-state index contributed by atoms with van der Waals surface area (Å²) in [5.74, 6) is 1.42. The van der Waals surface area contributed by atoms with Gasteiger partial charge in [0.25, 0.3) is 0 Å². The molecule has 6 rings (SSSR count). The molecule has 41 heavy (non-hydrogen) atoms. The van der Waals surface area contributed by atoms with Crippen LogP contribution in [-0.4, -0.2) is 68.0 Å². The van der Waals surface area contributed by atoms with Gasteiger partial charge < -0.3 is 10.6 Å². The number of anilines is 2. The zero-order valence-corrected chi connectivity index (χ0v) is 23.7. The number of nitrogens with zero attached hydrogens (tertiary/aromatic N) is 6. The van der Waals surface area contributed by atoms with Crippen LogP contribution in [0.4, 0.5) is 11.9 Å². The minimum Gasteiger partial charge on any atom is -0.351 e. The number of rotatable bonds is 10. The van der Waals surface area contributed by atoms with Crippen LogP contribution < -0.4 is 10.6 Å². The van der Waals surface area contributed by atoms with Crippen LogP contribution in [0.15, 0.2) is 85.5 Å². The van der Waals surface area contributed by atoms with Gasteiger partial charge in [-0.3, -0.25) is 9.80 Å². The van der Waals surface area contributed by atoms with Crippen molar-refractivity contribution in [2.45, 2.75) is 57.3 Å². The lowest BCUT2D eigenvalue weighted by atomic mass is 10.0. The SMILES string of the molecule is c1ccc(CN2CCC(Nc3ncc(Cc4cnc(NC5CCN(Cc6ccccc6)CC5)nc4)cn3)CC2)cc1. The molecular weight excluding hydrogens is 508 g/mol. The molecule has 0 bridgehead atoms. The molecule has 2 aromatic carbocycles. The van der Waals surface area contributed by atoms with Crippen LogP contribution in [0.3, 0.4) is 0 Å². The largest absolute Gasteiger partial charge is 0.351 e. The van der Waals surface area contributed by atoms with E-state index in [1.807, 2.05) is 24.8 Å². The summed E-state index contributed by atoms with van der Waals surface area (Å²) in [6, 6.07) is 22.2. The smallest absolute Gasteiger partial charge is 0.222 e. The molecule has 2 aliphatic heterocycles. The molecule has 2 fully saturated rings. The maximum Gasteiger partial charge on any atom is 0.222 e. The first-order valence-corrected chi connectivity index (χ1v) is 14.9. The first kappa shape index (κ1) is 27.3. The molecule has 0 saturated carbocycles. The maximum atomic E-state index is 4.59. The highest BCUT2D eigenvalue weighted by Crippen LogP contribution is 2.19. The van der Waals surface area contributed by atoms with Crippen molar-refractivity contribution < 1.29 is 0 Å². The molecule has 2 aliphatic rings. The Balaban J connectivity index is 0.912. The van der Waals surface area contributed by atoms with Crippen molar-refractivity contribution in [2.75, 3.05) is 36.8 Å². The second-order valence-corrected chi connectivity index (χ2v) is 11.4. The van der Waals surface area contributed by atoms with Crippen molar-refractivity contribution in [1.82, 2.24) is 29.7 Å². The summed E-state index contributed by atoms with van der Waals surface area (Å²) >= 11 is 0. The third-order valence-corrected chi connectivity index (χ3v) is 8.16. The van der Waals surface area contributed by atoms with Gasteiger partial charge in [0.2, 0.25) is 11.9 Å². The Bertz CT molecular complexity index is 1210. The second-order valence-electron chi connectivity index (χ2n) is 11.4. The Kier molecular flexibility index (Phi) is 9.09. The summed E-state index contributed by atoms with van der Waals surface area (Å²) in [4.78, 5) is 23.4. The second kappa shape index (κ2) is 13.7. The van der Waals surface area contributed by atoms with Crippen LogP contribution in [0.1, 0.15) is 47.9 Å². The van der Waals surface area contributed by atoms with Gasteiger partial charge >= 0.3 is 0 Å². The van der Waals surface area contributed by atoms with Gasteiger partial charge in [-0.25, -0.2) is 19.9 Å². The van der Waals surface area contributed by atoms with Crippen LogP contribution in [0.25, 0.3) is 0 Å². The number of likely N-dealkylation sites (tertiary alicyclic amines) is 2. The number of nitrogens with one attached hydrogen (secondary N) is 2. The zero-order valence-electron chi connectivity index (χ0n) is 23.7. The molecule has 2 aromatic heterocycles. The van der Waals surface area contributed by atoms with Gasteiger partial charge in [0.15, 0.2) is 0 Å². The Morgan fingerprint density at radius 3 is 1.24 bits per heavy atom. The summed E-state index contributed by atoms with van der Waals surface area (Å²) in [7, 11) is 0.